The lowest BCUT2D eigenvalue weighted by Crippen LogP contribution is -2.37. The summed E-state index contributed by atoms with van der Waals surface area (Å²) in [5.41, 5.74) is 0.960. The highest BCUT2D eigenvalue weighted by Crippen LogP contribution is 2.21. The van der Waals surface area contributed by atoms with Crippen molar-refractivity contribution in [1.29, 1.82) is 0 Å². The third-order valence-electron chi connectivity index (χ3n) is 3.56. The summed E-state index contributed by atoms with van der Waals surface area (Å²) in [5, 5.41) is 14.5. The van der Waals surface area contributed by atoms with Crippen LogP contribution in [0.15, 0.2) is 54.6 Å². The summed E-state index contributed by atoms with van der Waals surface area (Å²) < 4.78 is 5.78. The number of ether oxygens (including phenoxy) is 1. The van der Waals surface area contributed by atoms with E-state index in [9.17, 15) is 4.79 Å². The summed E-state index contributed by atoms with van der Waals surface area (Å²) in [5.74, 6) is 1.76. The van der Waals surface area contributed by atoms with Crippen LogP contribution in [0.4, 0.5) is 4.79 Å². The standard InChI is InChI=1S/C19H24N2O3/c1-15(10-11-22)13-20-19(23)21-14-16-6-5-9-18(12-16)24-17-7-3-2-4-8-17/h2-9,12,15,22H,10-11,13-14H2,1H3,(H2,20,21,23). The van der Waals surface area contributed by atoms with Gasteiger partial charge in [0.1, 0.15) is 11.5 Å². The van der Waals surface area contributed by atoms with Gasteiger partial charge < -0.3 is 20.5 Å². The molecule has 1 atom stereocenters. The summed E-state index contributed by atoms with van der Waals surface area (Å²) in [7, 11) is 0. The number of carbonyl (C=O) groups is 1. The molecule has 0 saturated heterocycles. The van der Waals surface area contributed by atoms with Crippen LogP contribution in [0.5, 0.6) is 11.5 Å². The maximum Gasteiger partial charge on any atom is 0.315 e. The Bertz CT molecular complexity index is 632. The van der Waals surface area contributed by atoms with E-state index < -0.39 is 0 Å². The lowest BCUT2D eigenvalue weighted by molar-refractivity contribution is 0.233. The van der Waals surface area contributed by atoms with Gasteiger partial charge in [-0.1, -0.05) is 37.3 Å². The Morgan fingerprint density at radius 1 is 1.08 bits per heavy atom. The average Bonchev–Trinajstić information content (AvgIpc) is 2.60. The summed E-state index contributed by atoms with van der Waals surface area (Å²) in [6.07, 6.45) is 0.680. The van der Waals surface area contributed by atoms with E-state index in [4.69, 9.17) is 9.84 Å². The van der Waals surface area contributed by atoms with Gasteiger partial charge in [-0.25, -0.2) is 4.79 Å². The zero-order chi connectivity index (χ0) is 17.2. The van der Waals surface area contributed by atoms with Crippen LogP contribution >= 0.6 is 0 Å². The van der Waals surface area contributed by atoms with Crippen LogP contribution in [0.3, 0.4) is 0 Å². The van der Waals surface area contributed by atoms with Gasteiger partial charge in [0, 0.05) is 19.7 Å². The number of para-hydroxylation sites is 1. The first-order valence-corrected chi connectivity index (χ1v) is 8.12. The van der Waals surface area contributed by atoms with E-state index in [0.717, 1.165) is 17.1 Å². The van der Waals surface area contributed by atoms with Crippen molar-refractivity contribution in [1.82, 2.24) is 10.6 Å². The second-order valence-electron chi connectivity index (χ2n) is 5.74. The van der Waals surface area contributed by atoms with Crippen molar-refractivity contribution < 1.29 is 14.6 Å². The fraction of sp³-hybridized carbons (Fsp3) is 0.316. The molecule has 2 aromatic carbocycles. The van der Waals surface area contributed by atoms with E-state index in [1.165, 1.54) is 0 Å². The predicted octanol–water partition coefficient (Wildman–Crippen LogP) is 3.30. The third-order valence-corrected chi connectivity index (χ3v) is 3.56. The normalized spacial score (nSPS) is 11.6. The second kappa shape index (κ2) is 9.57. The monoisotopic (exact) mass is 328 g/mol. The molecule has 24 heavy (non-hydrogen) atoms. The van der Waals surface area contributed by atoms with Crippen molar-refractivity contribution in [2.75, 3.05) is 13.2 Å². The fourth-order valence-corrected chi connectivity index (χ4v) is 2.18. The molecular formula is C19H24N2O3. The molecule has 5 heteroatoms. The molecular weight excluding hydrogens is 304 g/mol. The molecule has 3 N–H and O–H groups in total. The van der Waals surface area contributed by atoms with Gasteiger partial charge in [0.15, 0.2) is 0 Å². The molecule has 0 saturated carbocycles. The minimum atomic E-state index is -0.214. The van der Waals surface area contributed by atoms with E-state index in [0.29, 0.717) is 19.5 Å². The van der Waals surface area contributed by atoms with E-state index in [-0.39, 0.29) is 18.6 Å². The summed E-state index contributed by atoms with van der Waals surface area (Å²) in [4.78, 5) is 11.8. The molecule has 0 fully saturated rings. The first-order chi connectivity index (χ1) is 11.7. The molecule has 0 aromatic heterocycles. The zero-order valence-corrected chi connectivity index (χ0v) is 13.9. The number of hydrogen-bond acceptors (Lipinski definition) is 3. The molecule has 0 heterocycles. The van der Waals surface area contributed by atoms with Gasteiger partial charge in [-0.05, 0) is 42.2 Å². The number of aliphatic hydroxyl groups is 1. The molecule has 5 nitrogen and oxygen atoms in total. The van der Waals surface area contributed by atoms with Crippen molar-refractivity contribution in [2.24, 2.45) is 5.92 Å². The van der Waals surface area contributed by atoms with Crippen molar-refractivity contribution in [3.63, 3.8) is 0 Å². The Balaban J connectivity index is 1.80. The predicted molar refractivity (Wildman–Crippen MR) is 94.1 cm³/mol. The first kappa shape index (κ1) is 17.8. The highest BCUT2D eigenvalue weighted by atomic mass is 16.5. The number of rotatable bonds is 8. The van der Waals surface area contributed by atoms with Crippen molar-refractivity contribution in [2.45, 2.75) is 19.9 Å². The number of carbonyl (C=O) groups excluding carboxylic acids is 1. The van der Waals surface area contributed by atoms with Gasteiger partial charge in [0.2, 0.25) is 0 Å². The molecule has 2 rings (SSSR count). The van der Waals surface area contributed by atoms with Crippen LogP contribution < -0.4 is 15.4 Å². The molecule has 2 aromatic rings. The minimum absolute atomic E-state index is 0.138. The Labute approximate surface area is 142 Å². The van der Waals surface area contributed by atoms with Crippen LogP contribution in [0, 0.1) is 5.92 Å². The van der Waals surface area contributed by atoms with Gasteiger partial charge in [-0.2, -0.15) is 0 Å². The molecule has 0 radical (unpaired) electrons. The molecule has 0 bridgehead atoms. The Hall–Kier alpha value is -2.53. The molecule has 128 valence electrons. The van der Waals surface area contributed by atoms with Gasteiger partial charge in [-0.15, -0.1) is 0 Å². The van der Waals surface area contributed by atoms with Gasteiger partial charge >= 0.3 is 6.03 Å². The molecule has 0 aliphatic rings. The Morgan fingerprint density at radius 2 is 1.83 bits per heavy atom. The molecule has 2 amide bonds. The smallest absolute Gasteiger partial charge is 0.315 e. The lowest BCUT2D eigenvalue weighted by Gasteiger charge is -2.12. The van der Waals surface area contributed by atoms with Crippen LogP contribution in [-0.2, 0) is 6.54 Å². The quantitative estimate of drug-likeness (QED) is 0.696. The molecule has 0 aliphatic heterocycles. The molecule has 1 unspecified atom stereocenters. The van der Waals surface area contributed by atoms with Crippen molar-refractivity contribution in [3.8, 4) is 11.5 Å². The fourth-order valence-electron chi connectivity index (χ4n) is 2.18. The van der Waals surface area contributed by atoms with Crippen molar-refractivity contribution >= 4 is 6.03 Å². The Kier molecular flexibility index (Phi) is 7.11. The highest BCUT2D eigenvalue weighted by Gasteiger charge is 2.05. The highest BCUT2D eigenvalue weighted by molar-refractivity contribution is 5.73. The van der Waals surface area contributed by atoms with E-state index in [1.807, 2.05) is 61.5 Å². The zero-order valence-electron chi connectivity index (χ0n) is 13.9. The Morgan fingerprint density at radius 3 is 2.58 bits per heavy atom. The number of urea groups is 1. The SMILES string of the molecule is CC(CCO)CNC(=O)NCc1cccc(Oc2ccccc2)c1. The summed E-state index contributed by atoms with van der Waals surface area (Å²) in [6, 6.07) is 17.0. The summed E-state index contributed by atoms with van der Waals surface area (Å²) >= 11 is 0. The topological polar surface area (TPSA) is 70.6 Å². The van der Waals surface area contributed by atoms with E-state index in [1.54, 1.807) is 0 Å². The number of benzene rings is 2. The third kappa shape index (κ3) is 6.30. The second-order valence-corrected chi connectivity index (χ2v) is 5.74. The summed E-state index contributed by atoms with van der Waals surface area (Å²) in [6.45, 7) is 3.09. The van der Waals surface area contributed by atoms with Crippen LogP contribution in [0.25, 0.3) is 0 Å². The van der Waals surface area contributed by atoms with Gasteiger partial charge in [-0.3, -0.25) is 0 Å². The van der Waals surface area contributed by atoms with Crippen molar-refractivity contribution in [3.05, 3.63) is 60.2 Å². The van der Waals surface area contributed by atoms with Crippen LogP contribution in [0.2, 0.25) is 0 Å². The number of aliphatic hydroxyl groups excluding tert-OH is 1. The molecule has 0 spiro atoms. The van der Waals surface area contributed by atoms with Crippen LogP contribution in [0.1, 0.15) is 18.9 Å². The average molecular weight is 328 g/mol. The minimum Gasteiger partial charge on any atom is -0.457 e. The molecule has 0 aliphatic carbocycles. The maximum absolute atomic E-state index is 11.8. The number of amides is 2. The van der Waals surface area contributed by atoms with Gasteiger partial charge in [0.25, 0.3) is 0 Å². The maximum atomic E-state index is 11.8. The largest absolute Gasteiger partial charge is 0.457 e. The first-order valence-electron chi connectivity index (χ1n) is 8.12. The van der Waals surface area contributed by atoms with E-state index >= 15 is 0 Å². The van der Waals surface area contributed by atoms with Crippen LogP contribution in [-0.4, -0.2) is 24.3 Å². The van der Waals surface area contributed by atoms with E-state index in [2.05, 4.69) is 10.6 Å². The number of hydrogen-bond donors (Lipinski definition) is 3. The lowest BCUT2D eigenvalue weighted by atomic mass is 10.1. The number of nitrogens with one attached hydrogen (secondary N) is 2. The van der Waals surface area contributed by atoms with Gasteiger partial charge in [0.05, 0.1) is 0 Å².